The first-order chi connectivity index (χ1) is 9.11. The van der Waals surface area contributed by atoms with Crippen LogP contribution >= 0.6 is 11.6 Å². The summed E-state index contributed by atoms with van der Waals surface area (Å²) in [6, 6.07) is 2.54. The second kappa shape index (κ2) is 6.21. The van der Waals surface area contributed by atoms with Crippen LogP contribution in [0.4, 0.5) is 5.69 Å². The van der Waals surface area contributed by atoms with E-state index < -0.39 is 34.2 Å². The third kappa shape index (κ3) is 4.48. The minimum absolute atomic E-state index is 0.0241. The highest BCUT2D eigenvalue weighted by molar-refractivity contribution is 7.90. The lowest BCUT2D eigenvalue weighted by Crippen LogP contribution is -2.37. The summed E-state index contributed by atoms with van der Waals surface area (Å²) in [6.45, 7) is 0. The number of hydrogen-bond acceptors (Lipinski definition) is 5. The van der Waals surface area contributed by atoms with Crippen molar-refractivity contribution in [3.05, 3.63) is 23.2 Å². The number of carbonyl (C=O) groups excluding carboxylic acids is 1. The third-order valence-corrected chi connectivity index (χ3v) is 3.79. The Labute approximate surface area is 120 Å². The van der Waals surface area contributed by atoms with Gasteiger partial charge in [-0.3, -0.25) is 9.59 Å². The molecule has 0 aromatic heterocycles. The van der Waals surface area contributed by atoms with Gasteiger partial charge in [-0.1, -0.05) is 11.6 Å². The molecule has 0 aliphatic heterocycles. The Morgan fingerprint density at radius 1 is 1.45 bits per heavy atom. The van der Waals surface area contributed by atoms with Gasteiger partial charge in [-0.25, -0.2) is 8.42 Å². The topological polar surface area (TPSA) is 127 Å². The maximum Gasteiger partial charge on any atom is 0.305 e. The molecule has 0 bridgehead atoms. The Kier molecular flexibility index (Phi) is 5.09. The van der Waals surface area contributed by atoms with E-state index >= 15 is 0 Å². The summed E-state index contributed by atoms with van der Waals surface area (Å²) < 4.78 is 22.8. The monoisotopic (exact) mass is 320 g/mol. The van der Waals surface area contributed by atoms with E-state index in [1.54, 1.807) is 0 Å². The second-order valence-corrected chi connectivity index (χ2v) is 6.53. The lowest BCUT2D eigenvalue weighted by molar-refractivity contribution is -0.138. The van der Waals surface area contributed by atoms with Gasteiger partial charge >= 0.3 is 5.97 Å². The molecule has 0 fully saturated rings. The van der Waals surface area contributed by atoms with Gasteiger partial charge in [0, 0.05) is 6.26 Å². The number of aliphatic carboxylic acids is 1. The van der Waals surface area contributed by atoms with E-state index in [4.69, 9.17) is 22.4 Å². The van der Waals surface area contributed by atoms with E-state index in [2.05, 4.69) is 5.32 Å². The van der Waals surface area contributed by atoms with E-state index in [1.807, 2.05) is 0 Å². The lowest BCUT2D eigenvalue weighted by Gasteiger charge is -2.12. The number of carbonyl (C=O) groups is 2. The number of amides is 1. The van der Waals surface area contributed by atoms with Gasteiger partial charge in [-0.2, -0.15) is 0 Å². The molecule has 1 atom stereocenters. The average molecular weight is 321 g/mol. The minimum atomic E-state index is -3.45. The van der Waals surface area contributed by atoms with Crippen molar-refractivity contribution in [2.75, 3.05) is 11.6 Å². The molecule has 0 aliphatic carbocycles. The van der Waals surface area contributed by atoms with Crippen molar-refractivity contribution in [3.63, 3.8) is 0 Å². The molecule has 20 heavy (non-hydrogen) atoms. The first-order valence-corrected chi connectivity index (χ1v) is 7.66. The molecule has 0 saturated heterocycles. The van der Waals surface area contributed by atoms with Crippen LogP contribution in [0.3, 0.4) is 0 Å². The van der Waals surface area contributed by atoms with Crippen LogP contribution in [0.2, 0.25) is 5.02 Å². The summed E-state index contributed by atoms with van der Waals surface area (Å²) in [6.07, 6.45) is 0.465. The number of hydrogen-bond donors (Lipinski definition) is 3. The van der Waals surface area contributed by atoms with Crippen LogP contribution in [0.1, 0.15) is 6.42 Å². The smallest absolute Gasteiger partial charge is 0.305 e. The van der Waals surface area contributed by atoms with Gasteiger partial charge in [0.25, 0.3) is 0 Å². The highest BCUT2D eigenvalue weighted by Gasteiger charge is 2.19. The molecule has 1 rings (SSSR count). The van der Waals surface area contributed by atoms with E-state index in [1.165, 1.54) is 18.2 Å². The molecule has 7 nitrogen and oxygen atoms in total. The van der Waals surface area contributed by atoms with E-state index in [0.29, 0.717) is 0 Å². The second-order valence-electron chi connectivity index (χ2n) is 4.11. The zero-order valence-corrected chi connectivity index (χ0v) is 12.0. The largest absolute Gasteiger partial charge is 0.481 e. The normalized spacial score (nSPS) is 12.8. The fraction of sp³-hybridized carbons (Fsp3) is 0.273. The number of benzene rings is 1. The van der Waals surface area contributed by atoms with Gasteiger partial charge in [0.15, 0.2) is 9.84 Å². The standard InChI is InChI=1S/C11H13ClN2O5S/c1-20(18,19)6-2-3-7(12)9(4-6)14-11(17)8(13)5-10(15)16/h2-4,8H,5,13H2,1H3,(H,14,17)(H,15,16). The fourth-order valence-corrected chi connectivity index (χ4v) is 2.15. The molecule has 0 radical (unpaired) electrons. The number of rotatable bonds is 5. The van der Waals surface area contributed by atoms with Gasteiger partial charge in [0.2, 0.25) is 5.91 Å². The van der Waals surface area contributed by atoms with Crippen LogP contribution in [-0.2, 0) is 19.4 Å². The molecule has 0 spiro atoms. The Balaban J connectivity index is 2.98. The highest BCUT2D eigenvalue weighted by Crippen LogP contribution is 2.25. The number of carboxylic acids is 1. The van der Waals surface area contributed by atoms with Gasteiger partial charge in [0.1, 0.15) is 0 Å². The predicted octanol–water partition coefficient (Wildman–Crippen LogP) is 0.484. The molecular formula is C11H13ClN2O5S. The van der Waals surface area contributed by atoms with Crippen LogP contribution in [-0.4, -0.2) is 37.7 Å². The number of sulfone groups is 1. The Morgan fingerprint density at radius 2 is 2.05 bits per heavy atom. The number of nitrogens with two attached hydrogens (primary N) is 1. The Morgan fingerprint density at radius 3 is 2.55 bits per heavy atom. The van der Waals surface area contributed by atoms with Crippen LogP contribution < -0.4 is 11.1 Å². The molecule has 4 N–H and O–H groups in total. The average Bonchev–Trinajstić information content (AvgIpc) is 2.29. The number of carboxylic acid groups (broad SMARTS) is 1. The van der Waals surface area contributed by atoms with Crippen molar-refractivity contribution in [3.8, 4) is 0 Å². The molecule has 1 unspecified atom stereocenters. The maximum atomic E-state index is 11.7. The molecule has 0 heterocycles. The van der Waals surface area contributed by atoms with Crippen LogP contribution in [0.5, 0.6) is 0 Å². The molecule has 1 aromatic rings. The molecule has 1 aromatic carbocycles. The van der Waals surface area contributed by atoms with Gasteiger partial charge in [-0.05, 0) is 18.2 Å². The van der Waals surface area contributed by atoms with E-state index in [-0.39, 0.29) is 15.6 Å². The summed E-state index contributed by atoms with van der Waals surface area (Å²) in [5.41, 5.74) is 5.44. The van der Waals surface area contributed by atoms with Crippen molar-refractivity contribution in [1.82, 2.24) is 0 Å². The van der Waals surface area contributed by atoms with Crippen LogP contribution in [0.25, 0.3) is 0 Å². The van der Waals surface area contributed by atoms with Crippen molar-refractivity contribution in [2.24, 2.45) is 5.73 Å². The first kappa shape index (κ1) is 16.4. The van der Waals surface area contributed by atoms with E-state index in [0.717, 1.165) is 6.26 Å². The summed E-state index contributed by atoms with van der Waals surface area (Å²) in [5.74, 6) is -1.98. The molecule has 110 valence electrons. The maximum absolute atomic E-state index is 11.7. The molecule has 0 aliphatic rings. The number of nitrogens with one attached hydrogen (secondary N) is 1. The Bertz CT molecular complexity index is 644. The molecule has 9 heteroatoms. The lowest BCUT2D eigenvalue weighted by atomic mass is 10.2. The Hall–Kier alpha value is -1.64. The SMILES string of the molecule is CS(=O)(=O)c1ccc(Cl)c(NC(=O)C(N)CC(=O)O)c1. The van der Waals surface area contributed by atoms with Gasteiger partial charge in [-0.15, -0.1) is 0 Å². The zero-order valence-electron chi connectivity index (χ0n) is 10.5. The van der Waals surface area contributed by atoms with Crippen molar-refractivity contribution < 1.29 is 23.1 Å². The van der Waals surface area contributed by atoms with Crippen LogP contribution in [0.15, 0.2) is 23.1 Å². The molecule has 1 amide bonds. The number of anilines is 1. The van der Waals surface area contributed by atoms with Gasteiger partial charge < -0.3 is 16.2 Å². The van der Waals surface area contributed by atoms with Crippen molar-refractivity contribution in [2.45, 2.75) is 17.4 Å². The quantitative estimate of drug-likeness (QED) is 0.724. The summed E-state index contributed by atoms with van der Waals surface area (Å²) in [5, 5.41) is 11.0. The van der Waals surface area contributed by atoms with Crippen molar-refractivity contribution >= 4 is 39.0 Å². The number of halogens is 1. The molecule has 0 saturated carbocycles. The summed E-state index contributed by atoms with van der Waals surface area (Å²) in [4.78, 5) is 22.1. The third-order valence-electron chi connectivity index (χ3n) is 2.36. The van der Waals surface area contributed by atoms with E-state index in [9.17, 15) is 18.0 Å². The predicted molar refractivity (Wildman–Crippen MR) is 73.4 cm³/mol. The summed E-state index contributed by atoms with van der Waals surface area (Å²) >= 11 is 5.83. The first-order valence-electron chi connectivity index (χ1n) is 5.39. The molecular weight excluding hydrogens is 308 g/mol. The zero-order chi connectivity index (χ0) is 15.5. The minimum Gasteiger partial charge on any atom is -0.481 e. The highest BCUT2D eigenvalue weighted by atomic mass is 35.5. The summed E-state index contributed by atoms with van der Waals surface area (Å²) in [7, 11) is -3.45. The van der Waals surface area contributed by atoms with Gasteiger partial charge in [0.05, 0.1) is 28.1 Å². The fourth-order valence-electron chi connectivity index (χ4n) is 1.34. The van der Waals surface area contributed by atoms with Crippen LogP contribution in [0, 0.1) is 0 Å². The van der Waals surface area contributed by atoms with Crippen molar-refractivity contribution in [1.29, 1.82) is 0 Å².